The lowest BCUT2D eigenvalue weighted by Gasteiger charge is -2.10. The molecule has 0 bridgehead atoms. The summed E-state index contributed by atoms with van der Waals surface area (Å²) in [5.74, 6) is 0.906. The van der Waals surface area contributed by atoms with E-state index in [0.717, 1.165) is 15.1 Å². The first kappa shape index (κ1) is 12.4. The Morgan fingerprint density at radius 1 is 1.00 bits per heavy atom. The van der Waals surface area contributed by atoms with Gasteiger partial charge in [0.05, 0.1) is 3.57 Å². The second-order valence-corrected chi connectivity index (χ2v) is 5.58. The Hall–Kier alpha value is -1.62. The SMILES string of the molecule is Cc1ccc(Nc2ncc3ccccc3c2I)cc1. The zero-order valence-electron chi connectivity index (χ0n) is 10.5. The molecule has 0 unspecified atom stereocenters. The number of anilines is 2. The highest BCUT2D eigenvalue weighted by atomic mass is 127. The summed E-state index contributed by atoms with van der Waals surface area (Å²) in [7, 11) is 0. The fourth-order valence-electron chi connectivity index (χ4n) is 1.99. The number of hydrogen-bond donors (Lipinski definition) is 1. The lowest BCUT2D eigenvalue weighted by atomic mass is 10.2. The van der Waals surface area contributed by atoms with E-state index in [0.29, 0.717) is 0 Å². The van der Waals surface area contributed by atoms with Crippen LogP contribution in [0.2, 0.25) is 0 Å². The Balaban J connectivity index is 2.01. The summed E-state index contributed by atoms with van der Waals surface area (Å²) in [6, 6.07) is 16.6. The van der Waals surface area contributed by atoms with Crippen molar-refractivity contribution in [1.82, 2.24) is 4.98 Å². The van der Waals surface area contributed by atoms with Crippen molar-refractivity contribution in [2.45, 2.75) is 6.92 Å². The third kappa shape index (κ3) is 2.56. The molecule has 94 valence electrons. The molecule has 0 atom stereocenters. The van der Waals surface area contributed by atoms with E-state index in [-0.39, 0.29) is 0 Å². The zero-order valence-corrected chi connectivity index (χ0v) is 12.7. The molecule has 3 rings (SSSR count). The van der Waals surface area contributed by atoms with Gasteiger partial charge in [-0.25, -0.2) is 4.98 Å². The second-order valence-electron chi connectivity index (χ2n) is 4.50. The van der Waals surface area contributed by atoms with Crippen LogP contribution in [-0.2, 0) is 0 Å². The van der Waals surface area contributed by atoms with Crippen molar-refractivity contribution in [2.24, 2.45) is 0 Å². The molecule has 19 heavy (non-hydrogen) atoms. The maximum atomic E-state index is 4.51. The van der Waals surface area contributed by atoms with E-state index in [2.05, 4.69) is 82.3 Å². The fraction of sp³-hybridized carbons (Fsp3) is 0.0625. The Morgan fingerprint density at radius 2 is 1.74 bits per heavy atom. The average molecular weight is 360 g/mol. The minimum absolute atomic E-state index is 0.906. The van der Waals surface area contributed by atoms with Gasteiger partial charge >= 0.3 is 0 Å². The van der Waals surface area contributed by atoms with Crippen molar-refractivity contribution in [3.8, 4) is 0 Å². The predicted octanol–water partition coefficient (Wildman–Crippen LogP) is 4.89. The summed E-state index contributed by atoms with van der Waals surface area (Å²) in [6.07, 6.45) is 1.91. The number of hydrogen-bond acceptors (Lipinski definition) is 2. The molecule has 2 aromatic carbocycles. The standard InChI is InChI=1S/C16H13IN2/c1-11-6-8-13(9-7-11)19-16-15(17)14-5-3-2-4-12(14)10-18-16/h2-10H,1H3,(H,18,19). The first-order chi connectivity index (χ1) is 9.24. The first-order valence-electron chi connectivity index (χ1n) is 6.11. The van der Waals surface area contributed by atoms with Gasteiger partial charge in [-0.2, -0.15) is 0 Å². The second kappa shape index (κ2) is 5.17. The Labute approximate surface area is 126 Å². The van der Waals surface area contributed by atoms with Crippen molar-refractivity contribution in [1.29, 1.82) is 0 Å². The van der Waals surface area contributed by atoms with E-state index in [9.17, 15) is 0 Å². The van der Waals surface area contributed by atoms with Gasteiger partial charge in [0.2, 0.25) is 0 Å². The maximum Gasteiger partial charge on any atom is 0.144 e. The minimum Gasteiger partial charge on any atom is -0.339 e. The highest BCUT2D eigenvalue weighted by molar-refractivity contribution is 14.1. The summed E-state index contributed by atoms with van der Waals surface area (Å²) in [5, 5.41) is 5.77. The van der Waals surface area contributed by atoms with Crippen LogP contribution in [0.1, 0.15) is 5.56 Å². The molecule has 1 N–H and O–H groups in total. The van der Waals surface area contributed by atoms with Crippen molar-refractivity contribution in [2.75, 3.05) is 5.32 Å². The molecule has 0 aliphatic heterocycles. The molecule has 0 fully saturated rings. The van der Waals surface area contributed by atoms with E-state index in [4.69, 9.17) is 0 Å². The van der Waals surface area contributed by atoms with Crippen LogP contribution >= 0.6 is 22.6 Å². The van der Waals surface area contributed by atoms with Crippen LogP contribution in [-0.4, -0.2) is 4.98 Å². The molecular formula is C16H13IN2. The fourth-order valence-corrected chi connectivity index (χ4v) is 2.75. The number of aryl methyl sites for hydroxylation is 1. The van der Waals surface area contributed by atoms with Gasteiger partial charge in [-0.3, -0.25) is 0 Å². The van der Waals surface area contributed by atoms with Crippen LogP contribution in [0.3, 0.4) is 0 Å². The van der Waals surface area contributed by atoms with E-state index in [1.807, 2.05) is 12.3 Å². The van der Waals surface area contributed by atoms with Crippen molar-refractivity contribution >= 4 is 44.9 Å². The molecule has 0 amide bonds. The molecule has 1 heterocycles. The van der Waals surface area contributed by atoms with Gasteiger partial charge in [0, 0.05) is 22.7 Å². The van der Waals surface area contributed by atoms with Crippen molar-refractivity contribution in [3.63, 3.8) is 0 Å². The number of pyridine rings is 1. The molecule has 0 spiro atoms. The summed E-state index contributed by atoms with van der Waals surface area (Å²) < 4.78 is 1.15. The van der Waals surface area contributed by atoms with Gasteiger partial charge in [-0.1, -0.05) is 42.0 Å². The summed E-state index contributed by atoms with van der Waals surface area (Å²) in [4.78, 5) is 4.51. The van der Waals surface area contributed by atoms with Crippen LogP contribution < -0.4 is 5.32 Å². The van der Waals surface area contributed by atoms with Gasteiger partial charge in [-0.05, 0) is 41.6 Å². The van der Waals surface area contributed by atoms with Gasteiger partial charge in [0.1, 0.15) is 5.82 Å². The van der Waals surface area contributed by atoms with Gasteiger partial charge in [0.25, 0.3) is 0 Å². The highest BCUT2D eigenvalue weighted by Crippen LogP contribution is 2.27. The van der Waals surface area contributed by atoms with E-state index < -0.39 is 0 Å². The summed E-state index contributed by atoms with van der Waals surface area (Å²) >= 11 is 2.35. The molecule has 0 aliphatic carbocycles. The number of rotatable bonds is 2. The van der Waals surface area contributed by atoms with Crippen LogP contribution in [0.5, 0.6) is 0 Å². The Kier molecular flexibility index (Phi) is 3.38. The normalized spacial score (nSPS) is 10.6. The lowest BCUT2D eigenvalue weighted by molar-refractivity contribution is 1.31. The number of halogens is 1. The average Bonchev–Trinajstić information content (AvgIpc) is 2.45. The number of fused-ring (bicyclic) bond motifs is 1. The number of nitrogens with one attached hydrogen (secondary N) is 1. The molecule has 0 radical (unpaired) electrons. The molecular weight excluding hydrogens is 347 g/mol. The Bertz CT molecular complexity index is 720. The molecule has 1 aromatic heterocycles. The topological polar surface area (TPSA) is 24.9 Å². The highest BCUT2D eigenvalue weighted by Gasteiger charge is 2.06. The monoisotopic (exact) mass is 360 g/mol. The van der Waals surface area contributed by atoms with Crippen LogP contribution in [0, 0.1) is 10.5 Å². The number of nitrogens with zero attached hydrogens (tertiary/aromatic N) is 1. The molecule has 0 aliphatic rings. The van der Waals surface area contributed by atoms with Gasteiger partial charge < -0.3 is 5.32 Å². The summed E-state index contributed by atoms with van der Waals surface area (Å²) in [6.45, 7) is 2.09. The third-order valence-corrected chi connectivity index (χ3v) is 4.14. The van der Waals surface area contributed by atoms with Gasteiger partial charge in [-0.15, -0.1) is 0 Å². The predicted molar refractivity (Wildman–Crippen MR) is 88.9 cm³/mol. The zero-order chi connectivity index (χ0) is 13.2. The smallest absolute Gasteiger partial charge is 0.144 e. The van der Waals surface area contributed by atoms with E-state index >= 15 is 0 Å². The third-order valence-electron chi connectivity index (χ3n) is 3.05. The molecule has 3 aromatic rings. The van der Waals surface area contributed by atoms with Crippen molar-refractivity contribution < 1.29 is 0 Å². The lowest BCUT2D eigenvalue weighted by Crippen LogP contribution is -1.97. The van der Waals surface area contributed by atoms with E-state index in [1.54, 1.807) is 0 Å². The summed E-state index contributed by atoms with van der Waals surface area (Å²) in [5.41, 5.74) is 2.32. The molecule has 2 nitrogen and oxygen atoms in total. The minimum atomic E-state index is 0.906. The number of benzene rings is 2. The van der Waals surface area contributed by atoms with Gasteiger partial charge in [0.15, 0.2) is 0 Å². The maximum absolute atomic E-state index is 4.51. The van der Waals surface area contributed by atoms with Crippen LogP contribution in [0.15, 0.2) is 54.7 Å². The number of aromatic nitrogens is 1. The quantitative estimate of drug-likeness (QED) is 0.658. The van der Waals surface area contributed by atoms with Crippen molar-refractivity contribution in [3.05, 3.63) is 63.9 Å². The molecule has 3 heteroatoms. The largest absolute Gasteiger partial charge is 0.339 e. The molecule has 0 saturated carbocycles. The molecule has 0 saturated heterocycles. The van der Waals surface area contributed by atoms with E-state index in [1.165, 1.54) is 16.3 Å². The Morgan fingerprint density at radius 3 is 2.53 bits per heavy atom. The van der Waals surface area contributed by atoms with Crippen LogP contribution in [0.4, 0.5) is 11.5 Å². The first-order valence-corrected chi connectivity index (χ1v) is 7.19. The van der Waals surface area contributed by atoms with Crippen LogP contribution in [0.25, 0.3) is 10.8 Å².